The van der Waals surface area contributed by atoms with Crippen LogP contribution in [-0.4, -0.2) is 328 Å². The summed E-state index contributed by atoms with van der Waals surface area (Å²) in [6, 6.07) is 0. The molecule has 37 heteroatoms. The van der Waals surface area contributed by atoms with Gasteiger partial charge in [-0.05, 0) is 51.4 Å². The third-order valence-electron chi connectivity index (χ3n) is 18.9. The third kappa shape index (κ3) is 28.0. The first-order valence-electron chi connectivity index (χ1n) is 38.0. The van der Waals surface area contributed by atoms with Crippen LogP contribution in [0.25, 0.3) is 0 Å². The van der Waals surface area contributed by atoms with Crippen LogP contribution in [0.5, 0.6) is 0 Å². The smallest absolute Gasteiger partial charge is 0.387 e. The molecule has 0 aromatic heterocycles. The van der Waals surface area contributed by atoms with Crippen molar-refractivity contribution >= 4 is 15.8 Å². The predicted octanol–water partition coefficient (Wildman–Crippen LogP) is 2.72. The predicted molar refractivity (Wildman–Crippen MR) is 363 cm³/mol. The molecule has 35 nitrogen and oxygen atoms in total. The summed E-state index contributed by atoms with van der Waals surface area (Å²) in [5.74, 6) is 0. The minimum atomic E-state index is -3.45. The van der Waals surface area contributed by atoms with Crippen molar-refractivity contribution in [2.24, 2.45) is 0 Å². The highest BCUT2D eigenvalue weighted by Gasteiger charge is 2.59. The number of unbranched alkanes of at least 4 members (excludes halogenated alkanes) is 8. The first-order chi connectivity index (χ1) is 50.6. The standard InChI is InChI=1S/C68H124O35P2/c1-9-17-25-83-33-42-54(85-27-19-11-3)57(88-30-22-14-6)61(102-65-52(76)49(73)46(70)40(97-65)37-93-104(79)80)67(99-42)92-35-39-45(69)48(72)51(75)64(96-39)91-36-44-56(87-29-21-13-5)59(60(63(78)95-44)90-32-24-16-8)101-68-62(103-66-53(77)50(74)47(71)41(98-66)38-94-105(81)82)58(89-31-23-15-7)55(86-28-20-12-4)43(100-68)34-84-26-18-10-2/h39-78H,9-38H2,1-8H3/t39?,40?,41?,42?,43?,44?,45-,46-,47-,48?,49?,50?,51-,52-,53-,54-,55-,56-,57?,58?,59?,60-,61-,62-,63-,64+,65-,66-,67+,68-/m1/s1. The number of hydrogen-bond donors (Lipinski definition) is 10. The van der Waals surface area contributed by atoms with Crippen molar-refractivity contribution in [3.8, 4) is 0 Å². The number of ether oxygens (including phenoxy) is 19. The van der Waals surface area contributed by atoms with Crippen LogP contribution >= 0.6 is 15.8 Å². The normalized spacial score (nSPS) is 38.3. The Morgan fingerprint density at radius 3 is 0.933 bits per heavy atom. The fraction of sp³-hybridized carbons (Fsp3) is 1.00. The minimum absolute atomic E-state index is 0.0533. The molecule has 616 valence electrons. The van der Waals surface area contributed by atoms with Gasteiger partial charge in [-0.1, -0.05) is 107 Å². The molecule has 0 spiro atoms. The van der Waals surface area contributed by atoms with Gasteiger partial charge in [0.15, 0.2) is 37.7 Å². The molecule has 0 radical (unpaired) electrons. The SMILES string of the molecule is CCCCOCC1O[C@H](OC2[C@H](OCCCC)C(CO[C@H]3OC(CO[C@H]4OC(COCCCC)[C@@H](OCCCC)C(OCCCC)[C@H]4O[C@H]4OC(COP(=O)=O)[C@@H](O)C(O)[C@H]4O)[C@@H](O)C(O)[C@H]3O)O[C@@H](O)[C@@H]2OCCCC)[C@H](O[C@H]2OC(COP(=O)=O)[C@@H](O)C(O)[C@H]2O)C(OCCCC)[C@@H]1OCCCC. The molecule has 12 unspecified atom stereocenters. The number of aliphatic hydroxyl groups is 10. The van der Waals surface area contributed by atoms with E-state index in [1.54, 1.807) is 0 Å². The maximum atomic E-state index is 12.3. The van der Waals surface area contributed by atoms with Crippen LogP contribution in [0, 0.1) is 0 Å². The van der Waals surface area contributed by atoms with Crippen molar-refractivity contribution < 1.29 is 168 Å². The number of hydrogen-bond acceptors (Lipinski definition) is 35. The van der Waals surface area contributed by atoms with Gasteiger partial charge in [0.05, 0.1) is 39.6 Å². The fourth-order valence-corrected chi connectivity index (χ4v) is 13.2. The van der Waals surface area contributed by atoms with Crippen molar-refractivity contribution in [3.63, 3.8) is 0 Å². The lowest BCUT2D eigenvalue weighted by Gasteiger charge is -2.51. The lowest BCUT2D eigenvalue weighted by Crippen LogP contribution is -2.68. The topological polar surface area (TPSA) is 464 Å². The molecule has 6 saturated heterocycles. The van der Waals surface area contributed by atoms with Gasteiger partial charge in [0.25, 0.3) is 0 Å². The molecule has 0 aliphatic carbocycles. The lowest BCUT2D eigenvalue weighted by atomic mass is 9.95. The molecule has 30 atom stereocenters. The molecule has 0 aromatic carbocycles. The zero-order valence-electron chi connectivity index (χ0n) is 62.1. The van der Waals surface area contributed by atoms with E-state index < -0.39 is 226 Å². The van der Waals surface area contributed by atoms with E-state index >= 15 is 0 Å². The molecule has 6 aliphatic heterocycles. The molecule has 6 heterocycles. The van der Waals surface area contributed by atoms with E-state index in [4.69, 9.17) is 99.0 Å². The summed E-state index contributed by atoms with van der Waals surface area (Å²) < 4.78 is 179. The van der Waals surface area contributed by atoms with E-state index in [0.717, 1.165) is 25.7 Å². The molecule has 0 saturated carbocycles. The minimum Gasteiger partial charge on any atom is -0.387 e. The summed E-state index contributed by atoms with van der Waals surface area (Å²) in [6.45, 7) is 14.4. The van der Waals surface area contributed by atoms with Gasteiger partial charge in [-0.15, -0.1) is 0 Å². The van der Waals surface area contributed by atoms with Crippen LogP contribution in [0.4, 0.5) is 0 Å². The molecular weight excluding hydrogens is 1440 g/mol. The van der Waals surface area contributed by atoms with Crippen molar-refractivity contribution in [2.45, 2.75) is 342 Å². The first kappa shape index (κ1) is 92.4. The summed E-state index contributed by atoms with van der Waals surface area (Å²) in [5.41, 5.74) is 0. The van der Waals surface area contributed by atoms with Crippen molar-refractivity contribution in [2.75, 3.05) is 92.5 Å². The zero-order valence-corrected chi connectivity index (χ0v) is 63.9. The number of aliphatic hydroxyl groups excluding tert-OH is 10. The molecule has 6 aliphatic rings. The largest absolute Gasteiger partial charge is 0.468 e. The van der Waals surface area contributed by atoms with Gasteiger partial charge in [0.1, 0.15) is 146 Å². The monoisotopic (exact) mass is 1560 g/mol. The molecule has 0 bridgehead atoms. The van der Waals surface area contributed by atoms with E-state index in [1.807, 2.05) is 55.4 Å². The Morgan fingerprint density at radius 1 is 0.248 bits per heavy atom. The Morgan fingerprint density at radius 2 is 0.533 bits per heavy atom. The van der Waals surface area contributed by atoms with Gasteiger partial charge in [0.2, 0.25) is 0 Å². The fourth-order valence-electron chi connectivity index (χ4n) is 12.6. The van der Waals surface area contributed by atoms with Crippen LogP contribution in [0.3, 0.4) is 0 Å². The lowest BCUT2D eigenvalue weighted by molar-refractivity contribution is -0.397. The Balaban J connectivity index is 1.37. The Kier molecular flexibility index (Phi) is 43.9. The van der Waals surface area contributed by atoms with Crippen molar-refractivity contribution in [1.82, 2.24) is 0 Å². The maximum absolute atomic E-state index is 12.3. The highest BCUT2D eigenvalue weighted by Crippen LogP contribution is 2.40. The van der Waals surface area contributed by atoms with E-state index in [9.17, 15) is 69.3 Å². The average molecular weight is 1560 g/mol. The summed E-state index contributed by atoms with van der Waals surface area (Å²) in [7, 11) is -6.89. The summed E-state index contributed by atoms with van der Waals surface area (Å²) in [4.78, 5) is 0. The van der Waals surface area contributed by atoms with Gasteiger partial charge < -0.3 is 141 Å². The van der Waals surface area contributed by atoms with Gasteiger partial charge in [-0.2, -0.15) is 0 Å². The zero-order chi connectivity index (χ0) is 76.5. The van der Waals surface area contributed by atoms with Crippen molar-refractivity contribution in [3.05, 3.63) is 0 Å². The summed E-state index contributed by atoms with van der Waals surface area (Å²) in [5, 5.41) is 115. The Hall–Kier alpha value is -1.44. The van der Waals surface area contributed by atoms with Gasteiger partial charge in [-0.25, -0.2) is 18.3 Å². The highest BCUT2D eigenvalue weighted by atomic mass is 31.1. The van der Waals surface area contributed by atoms with Crippen LogP contribution in [0.1, 0.15) is 158 Å². The second-order valence-electron chi connectivity index (χ2n) is 27.2. The quantitative estimate of drug-likeness (QED) is 0.0309. The Bertz CT molecular complexity index is 2430. The van der Waals surface area contributed by atoms with Crippen molar-refractivity contribution in [1.29, 1.82) is 0 Å². The number of rotatable bonds is 52. The molecule has 105 heavy (non-hydrogen) atoms. The van der Waals surface area contributed by atoms with E-state index in [-0.39, 0.29) is 52.9 Å². The van der Waals surface area contributed by atoms with Crippen LogP contribution in [-0.2, 0) is 117 Å². The van der Waals surface area contributed by atoms with Crippen LogP contribution in [0.15, 0.2) is 0 Å². The van der Waals surface area contributed by atoms with Gasteiger partial charge in [-0.3, -0.25) is 9.05 Å². The summed E-state index contributed by atoms with van der Waals surface area (Å²) >= 11 is 0. The maximum Gasteiger partial charge on any atom is 0.468 e. The second kappa shape index (κ2) is 49.9. The van der Waals surface area contributed by atoms with Gasteiger partial charge >= 0.3 is 15.8 Å². The van der Waals surface area contributed by atoms with Crippen LogP contribution < -0.4 is 0 Å². The van der Waals surface area contributed by atoms with E-state index in [0.29, 0.717) is 90.3 Å². The molecular formula is C68H124O35P2. The Labute approximate surface area is 616 Å². The van der Waals surface area contributed by atoms with E-state index in [1.165, 1.54) is 0 Å². The third-order valence-corrected chi connectivity index (χ3v) is 19.6. The molecule has 10 N–H and O–H groups in total. The highest BCUT2D eigenvalue weighted by molar-refractivity contribution is 7.24. The molecule has 0 aromatic rings. The molecule has 6 rings (SSSR count). The van der Waals surface area contributed by atoms with Crippen LogP contribution in [0.2, 0.25) is 0 Å². The average Bonchev–Trinajstić information content (AvgIpc) is 0.770. The first-order valence-corrected chi connectivity index (χ1v) is 40.1. The van der Waals surface area contributed by atoms with E-state index in [2.05, 4.69) is 0 Å². The summed E-state index contributed by atoms with van der Waals surface area (Å²) in [6.07, 6.45) is -36.7. The molecule has 0 amide bonds. The second-order valence-corrected chi connectivity index (χ2v) is 28.6. The molecule has 6 fully saturated rings. The van der Waals surface area contributed by atoms with Gasteiger partial charge in [0, 0.05) is 52.9 Å².